The van der Waals surface area contributed by atoms with Gasteiger partial charge in [-0.05, 0) is 66.3 Å². The van der Waals surface area contributed by atoms with Crippen LogP contribution in [0.5, 0.6) is 5.75 Å². The Labute approximate surface area is 188 Å². The van der Waals surface area contributed by atoms with Crippen LogP contribution in [0.15, 0.2) is 65.1 Å². The smallest absolute Gasteiger partial charge is 0.356 e. The monoisotopic (exact) mass is 483 g/mol. The van der Waals surface area contributed by atoms with E-state index >= 15 is 0 Å². The van der Waals surface area contributed by atoms with Gasteiger partial charge in [-0.25, -0.2) is 9.78 Å². The van der Waals surface area contributed by atoms with Crippen molar-refractivity contribution in [2.45, 2.75) is 25.9 Å². The van der Waals surface area contributed by atoms with Crippen LogP contribution in [0.1, 0.15) is 46.6 Å². The zero-order valence-electron chi connectivity index (χ0n) is 16.1. The summed E-state index contributed by atoms with van der Waals surface area (Å²) in [5.74, 6) is -0.333. The third-order valence-electron chi connectivity index (χ3n) is 5.08. The average molecular weight is 485 g/mol. The Balaban J connectivity index is 1.74. The number of nitrogens with zero attached hydrogens (tertiary/aromatic N) is 1. The highest BCUT2D eigenvalue weighted by molar-refractivity contribution is 9.10. The molecule has 4 nitrogen and oxygen atoms in total. The van der Waals surface area contributed by atoms with E-state index in [1.807, 2.05) is 42.5 Å². The molecule has 0 bridgehead atoms. The van der Waals surface area contributed by atoms with Gasteiger partial charge < -0.3 is 9.84 Å². The first-order chi connectivity index (χ1) is 14.5. The van der Waals surface area contributed by atoms with Crippen LogP contribution < -0.4 is 4.74 Å². The van der Waals surface area contributed by atoms with Gasteiger partial charge in [-0.2, -0.15) is 0 Å². The fourth-order valence-corrected chi connectivity index (χ4v) is 4.23. The molecule has 0 aliphatic heterocycles. The fraction of sp³-hybridized carbons (Fsp3) is 0.167. The molecule has 1 heterocycles. The zero-order chi connectivity index (χ0) is 21.1. The third-order valence-corrected chi connectivity index (χ3v) is 5.88. The van der Waals surface area contributed by atoms with E-state index in [1.165, 1.54) is 0 Å². The molecule has 4 rings (SSSR count). The summed E-state index contributed by atoms with van der Waals surface area (Å²) in [5.41, 5.74) is 4.79. The van der Waals surface area contributed by atoms with Gasteiger partial charge in [0.15, 0.2) is 5.69 Å². The zero-order valence-corrected chi connectivity index (χ0v) is 18.4. The minimum atomic E-state index is -1.13. The van der Waals surface area contributed by atoms with Gasteiger partial charge in [-0.3, -0.25) is 0 Å². The fourth-order valence-electron chi connectivity index (χ4n) is 3.68. The van der Waals surface area contributed by atoms with E-state index in [4.69, 9.17) is 16.3 Å². The number of hydrogen-bond acceptors (Lipinski definition) is 3. The normalized spacial score (nSPS) is 13.5. The predicted octanol–water partition coefficient (Wildman–Crippen LogP) is 6.87. The van der Waals surface area contributed by atoms with Gasteiger partial charge in [0.1, 0.15) is 12.4 Å². The number of ether oxygens (including phenoxy) is 1. The van der Waals surface area contributed by atoms with Gasteiger partial charge in [0, 0.05) is 10.0 Å². The van der Waals surface area contributed by atoms with E-state index in [0.29, 0.717) is 12.3 Å². The molecule has 30 heavy (non-hydrogen) atoms. The predicted molar refractivity (Wildman–Crippen MR) is 122 cm³/mol. The van der Waals surface area contributed by atoms with E-state index in [-0.39, 0.29) is 10.7 Å². The van der Waals surface area contributed by atoms with Crippen molar-refractivity contribution in [2.24, 2.45) is 0 Å². The number of aromatic nitrogens is 1. The van der Waals surface area contributed by atoms with Gasteiger partial charge in [0.25, 0.3) is 0 Å². The summed E-state index contributed by atoms with van der Waals surface area (Å²) in [4.78, 5) is 15.8. The number of rotatable bonds is 6. The molecule has 0 spiro atoms. The second-order valence-corrected chi connectivity index (χ2v) is 8.38. The van der Waals surface area contributed by atoms with Crippen LogP contribution in [0.25, 0.3) is 11.1 Å². The van der Waals surface area contributed by atoms with Crippen LogP contribution in [0.3, 0.4) is 0 Å². The van der Waals surface area contributed by atoms with Crippen molar-refractivity contribution in [3.05, 3.63) is 92.7 Å². The number of allylic oxidation sites excluding steroid dienone is 2. The number of aromatic carboxylic acids is 1. The molecule has 1 aromatic heterocycles. The van der Waals surface area contributed by atoms with Gasteiger partial charge in [0.05, 0.1) is 10.7 Å². The van der Waals surface area contributed by atoms with E-state index in [9.17, 15) is 9.90 Å². The van der Waals surface area contributed by atoms with Crippen LogP contribution in [0, 0.1) is 0 Å². The summed E-state index contributed by atoms with van der Waals surface area (Å²) in [5, 5.41) is 9.52. The number of benzene rings is 2. The molecule has 1 aliphatic carbocycles. The lowest BCUT2D eigenvalue weighted by Crippen LogP contribution is -2.04. The van der Waals surface area contributed by atoms with E-state index in [2.05, 4.69) is 27.0 Å². The highest BCUT2D eigenvalue weighted by Gasteiger charge is 2.23. The van der Waals surface area contributed by atoms with E-state index in [0.717, 1.165) is 51.8 Å². The lowest BCUT2D eigenvalue weighted by molar-refractivity contribution is 0.0690. The van der Waals surface area contributed by atoms with Crippen molar-refractivity contribution >= 4 is 44.6 Å². The maximum absolute atomic E-state index is 11.5. The second kappa shape index (κ2) is 9.02. The van der Waals surface area contributed by atoms with Crippen molar-refractivity contribution in [1.82, 2.24) is 4.98 Å². The van der Waals surface area contributed by atoms with Crippen LogP contribution in [-0.4, -0.2) is 16.1 Å². The molecule has 1 N–H and O–H groups in total. The molecule has 0 amide bonds. The lowest BCUT2D eigenvalue weighted by Gasteiger charge is -2.15. The summed E-state index contributed by atoms with van der Waals surface area (Å²) in [6.45, 7) is 0.473. The molecule has 6 heteroatoms. The Hall–Kier alpha value is -2.63. The first-order valence-electron chi connectivity index (χ1n) is 9.62. The molecule has 3 aromatic rings. The molecular formula is C24H19BrClNO3. The van der Waals surface area contributed by atoms with Gasteiger partial charge >= 0.3 is 5.97 Å². The SMILES string of the molecule is O=C(O)c1nc(C2=C(c3cc(Br)ccc3OCc3ccccc3)CCC2)ccc1Cl. The number of halogens is 2. The molecule has 0 fully saturated rings. The first kappa shape index (κ1) is 20.6. The summed E-state index contributed by atoms with van der Waals surface area (Å²) in [6.07, 6.45) is 2.68. The maximum Gasteiger partial charge on any atom is 0.356 e. The minimum absolute atomic E-state index is 0.122. The Morgan fingerprint density at radius 2 is 1.83 bits per heavy atom. The van der Waals surface area contributed by atoms with Crippen LogP contribution >= 0.6 is 27.5 Å². The molecule has 1 aliphatic rings. The van der Waals surface area contributed by atoms with E-state index in [1.54, 1.807) is 12.1 Å². The summed E-state index contributed by atoms with van der Waals surface area (Å²) in [6, 6.07) is 19.4. The van der Waals surface area contributed by atoms with Gasteiger partial charge in [0.2, 0.25) is 0 Å². The molecule has 152 valence electrons. The molecule has 0 saturated carbocycles. The largest absolute Gasteiger partial charge is 0.488 e. The first-order valence-corrected chi connectivity index (χ1v) is 10.8. The van der Waals surface area contributed by atoms with Crippen LogP contribution in [0.2, 0.25) is 5.02 Å². The third kappa shape index (κ3) is 4.42. The average Bonchev–Trinajstić information content (AvgIpc) is 3.23. The van der Waals surface area contributed by atoms with Crippen molar-refractivity contribution in [3.8, 4) is 5.75 Å². The molecule has 0 saturated heterocycles. The number of carboxylic acid groups (broad SMARTS) is 1. The van der Waals surface area contributed by atoms with Crippen LogP contribution in [0.4, 0.5) is 0 Å². The maximum atomic E-state index is 11.5. The topological polar surface area (TPSA) is 59.4 Å². The number of carbonyl (C=O) groups is 1. The standard InChI is InChI=1S/C24H19BrClNO3/c25-16-9-12-22(30-14-15-5-2-1-3-6-15)19(13-16)17-7-4-8-18(17)21-11-10-20(26)23(27-21)24(28)29/h1-3,5-6,9-13H,4,7-8,14H2,(H,28,29). The Bertz CT molecular complexity index is 1130. The highest BCUT2D eigenvalue weighted by atomic mass is 79.9. The summed E-state index contributed by atoms with van der Waals surface area (Å²) >= 11 is 9.58. The molecule has 0 radical (unpaired) electrons. The van der Waals surface area contributed by atoms with Crippen molar-refractivity contribution in [2.75, 3.05) is 0 Å². The Kier molecular flexibility index (Phi) is 6.21. The Morgan fingerprint density at radius 3 is 2.60 bits per heavy atom. The molecule has 2 aromatic carbocycles. The van der Waals surface area contributed by atoms with Crippen molar-refractivity contribution < 1.29 is 14.6 Å². The van der Waals surface area contributed by atoms with Crippen molar-refractivity contribution in [3.63, 3.8) is 0 Å². The van der Waals surface area contributed by atoms with Crippen molar-refractivity contribution in [1.29, 1.82) is 0 Å². The van der Waals surface area contributed by atoms with E-state index < -0.39 is 5.97 Å². The highest BCUT2D eigenvalue weighted by Crippen LogP contribution is 2.43. The number of pyridine rings is 1. The minimum Gasteiger partial charge on any atom is -0.488 e. The number of carboxylic acids is 1. The molecule has 0 unspecified atom stereocenters. The summed E-state index contributed by atoms with van der Waals surface area (Å²) < 4.78 is 7.12. The van der Waals surface area contributed by atoms with Crippen LogP contribution in [-0.2, 0) is 6.61 Å². The Morgan fingerprint density at radius 1 is 1.07 bits per heavy atom. The number of hydrogen-bond donors (Lipinski definition) is 1. The quantitative estimate of drug-likeness (QED) is 0.415. The summed E-state index contributed by atoms with van der Waals surface area (Å²) in [7, 11) is 0. The second-order valence-electron chi connectivity index (χ2n) is 7.06. The van der Waals surface area contributed by atoms with Gasteiger partial charge in [-0.15, -0.1) is 0 Å². The molecular weight excluding hydrogens is 466 g/mol. The van der Waals surface area contributed by atoms with Gasteiger partial charge in [-0.1, -0.05) is 57.9 Å². The lowest BCUT2D eigenvalue weighted by atomic mass is 9.99. The molecule has 0 atom stereocenters.